The van der Waals surface area contributed by atoms with Gasteiger partial charge in [-0.05, 0) is 128 Å². The SMILES string of the molecule is CC(C)CC(N)C(=O)NC(CO)C(=O)NC(C(=O)NC(CC(C)C)C(=O)N1CCCC1C(=O)NC(CCC(=O)O)C(=O)NC(C(=O)NC(C(=O)NC(C(=O)NC(C(=O)NC(CCCN=C(N)N)C(=O)NC(CCCN=C(N)N)C(=O)NC(CCCN=C(N)N)C(=O)NCC(=O)NC(CCCN=C(N)N)C(=O)O)C(C)C)C(C)C)C(C)O)C(C)O)C(C)O. The number of carboxylic acid groups (broad SMARTS) is 2. The van der Waals surface area contributed by atoms with E-state index >= 15 is 0 Å². The van der Waals surface area contributed by atoms with Crippen molar-refractivity contribution in [3.05, 3.63) is 0 Å². The van der Waals surface area contributed by atoms with Crippen LogP contribution in [0, 0.1) is 23.7 Å². The van der Waals surface area contributed by atoms with Crippen LogP contribution in [0.25, 0.3) is 0 Å². The summed E-state index contributed by atoms with van der Waals surface area (Å²) in [5.41, 5.74) is 49.8. The number of aliphatic hydroxyl groups excluding tert-OH is 4. The second-order valence-corrected chi connectivity index (χ2v) is 31.1. The number of rotatable bonds is 57. The standard InChI is InChI=1S/C73H133N27O22/c1-33(2)29-40(74)56(108)94-47(32-101)61(113)98-53(37(9)102)65(117)93-46(30-34(3)4)68(120)100-28-16-21-48(100)62(114)91-44(22-23-50(106)107)60(112)97-54(38(10)103)67(119)99-55(39(11)104)66(118)96-52(36(7)8)64(116)95-51(35(5)6)63(115)92-43(19-14-26-85-72(79)80)59(111)90-42(18-13-25-84-71(77)78)58(110)89-41(17-12-24-83-70(75)76)57(109)87-31-49(105)88-45(69(121)122)20-15-27-86-73(81)82/h33-48,51-55,101-104H,12-32,74H2,1-11H3,(H,87,109)(H,88,105)(H,89,110)(H,90,111)(H,91,114)(H,92,115)(H,93,117)(H,94,108)(H,95,116)(H,96,118)(H,97,112)(H,98,113)(H,99,119)(H,106,107)(H,121,122)(H4,75,76,83)(H4,77,78,84)(H4,79,80,85)(H4,81,82,86). The summed E-state index contributed by atoms with van der Waals surface area (Å²) < 4.78 is 0. The molecule has 0 aromatic heterocycles. The van der Waals surface area contributed by atoms with Gasteiger partial charge in [0, 0.05) is 39.1 Å². The molecule has 17 unspecified atom stereocenters. The molecule has 1 aliphatic heterocycles. The fraction of sp³-hybridized carbons (Fsp3) is 0.726. The molecule has 49 nitrogen and oxygen atoms in total. The molecule has 1 fully saturated rings. The molecule has 49 heteroatoms. The number of aliphatic hydroxyl groups is 4. The van der Waals surface area contributed by atoms with E-state index in [1.165, 1.54) is 27.7 Å². The molecule has 0 aromatic carbocycles. The van der Waals surface area contributed by atoms with E-state index in [0.29, 0.717) is 0 Å². The summed E-state index contributed by atoms with van der Waals surface area (Å²) in [6.07, 6.45) is -6.92. The summed E-state index contributed by atoms with van der Waals surface area (Å²) >= 11 is 0. The molecule has 37 N–H and O–H groups in total. The number of likely N-dealkylation sites (tertiary alicyclic amines) is 1. The van der Waals surface area contributed by atoms with Crippen molar-refractivity contribution < 1.29 is 107 Å². The lowest BCUT2D eigenvalue weighted by molar-refractivity contribution is -0.143. The highest BCUT2D eigenvalue weighted by Crippen LogP contribution is 2.22. The van der Waals surface area contributed by atoms with Gasteiger partial charge in [0.25, 0.3) is 0 Å². The van der Waals surface area contributed by atoms with Gasteiger partial charge in [-0.2, -0.15) is 0 Å². The number of aliphatic imine (C=N–C) groups is 4. The molecule has 1 heterocycles. The van der Waals surface area contributed by atoms with Gasteiger partial charge in [0.15, 0.2) is 23.8 Å². The smallest absolute Gasteiger partial charge is 0.326 e. The Morgan fingerprint density at radius 2 is 0.713 bits per heavy atom. The zero-order chi connectivity index (χ0) is 93.1. The average molecular weight is 1740 g/mol. The molecular formula is C73H133N27O22. The first-order chi connectivity index (χ1) is 56.9. The quantitative estimate of drug-likeness (QED) is 0.0153. The zero-order valence-electron chi connectivity index (χ0n) is 71.1. The number of hydrogen-bond donors (Lipinski definition) is 28. The van der Waals surface area contributed by atoms with Crippen molar-refractivity contribution in [2.45, 2.75) is 269 Å². The van der Waals surface area contributed by atoms with Crippen molar-refractivity contribution in [2.75, 3.05) is 45.9 Å². The maximum absolute atomic E-state index is 14.6. The Morgan fingerprint density at radius 1 is 0.385 bits per heavy atom. The van der Waals surface area contributed by atoms with Crippen molar-refractivity contribution in [1.29, 1.82) is 0 Å². The van der Waals surface area contributed by atoms with Crippen molar-refractivity contribution in [2.24, 2.45) is 95.2 Å². The molecule has 0 bridgehead atoms. The Bertz CT molecular complexity index is 3620. The van der Waals surface area contributed by atoms with E-state index in [0.717, 1.165) is 25.7 Å². The van der Waals surface area contributed by atoms with Crippen LogP contribution in [-0.4, -0.2) is 303 Å². The van der Waals surface area contributed by atoms with Crippen LogP contribution in [0.1, 0.15) is 166 Å². The van der Waals surface area contributed by atoms with Crippen molar-refractivity contribution in [1.82, 2.24) is 74.0 Å². The lowest BCUT2D eigenvalue weighted by Gasteiger charge is -2.32. The summed E-state index contributed by atoms with van der Waals surface area (Å²) in [7, 11) is 0. The maximum Gasteiger partial charge on any atom is 0.326 e. The predicted octanol–water partition coefficient (Wildman–Crippen LogP) is -11.1. The van der Waals surface area contributed by atoms with E-state index in [1.54, 1.807) is 13.8 Å². The number of nitrogens with two attached hydrogens (primary N) is 9. The van der Waals surface area contributed by atoms with Crippen LogP contribution >= 0.6 is 0 Å². The second kappa shape index (κ2) is 55.3. The van der Waals surface area contributed by atoms with Gasteiger partial charge in [0.1, 0.15) is 78.5 Å². The molecule has 17 atom stereocenters. The molecular weight excluding hydrogens is 1610 g/mol. The molecule has 692 valence electrons. The van der Waals surface area contributed by atoms with Crippen molar-refractivity contribution in [3.8, 4) is 0 Å². The van der Waals surface area contributed by atoms with Gasteiger partial charge in [-0.1, -0.05) is 55.4 Å². The number of nitrogens with one attached hydrogen (secondary N) is 13. The van der Waals surface area contributed by atoms with Crippen LogP contribution < -0.4 is 121 Å². The Hall–Kier alpha value is -11.6. The van der Waals surface area contributed by atoms with Gasteiger partial charge >= 0.3 is 11.9 Å². The van der Waals surface area contributed by atoms with Gasteiger partial charge in [0.2, 0.25) is 82.7 Å². The fourth-order valence-electron chi connectivity index (χ4n) is 12.3. The molecule has 1 aliphatic rings. The third-order valence-electron chi connectivity index (χ3n) is 18.7. The third kappa shape index (κ3) is 41.1. The highest BCUT2D eigenvalue weighted by molar-refractivity contribution is 6.01. The minimum atomic E-state index is -2.05. The molecule has 0 radical (unpaired) electrons. The largest absolute Gasteiger partial charge is 0.481 e. The summed E-state index contributed by atoms with van der Waals surface area (Å²) in [6.45, 7) is 14.3. The minimum absolute atomic E-state index is 0.000101. The van der Waals surface area contributed by atoms with Crippen LogP contribution in [0.4, 0.5) is 0 Å². The Kier molecular flexibility index (Phi) is 49.2. The predicted molar refractivity (Wildman–Crippen MR) is 444 cm³/mol. The molecule has 1 saturated heterocycles. The van der Waals surface area contributed by atoms with E-state index in [4.69, 9.17) is 51.6 Å². The van der Waals surface area contributed by atoms with Gasteiger partial charge in [-0.3, -0.25) is 91.9 Å². The summed E-state index contributed by atoms with van der Waals surface area (Å²) in [4.78, 5) is 237. The third-order valence-corrected chi connectivity index (χ3v) is 18.7. The van der Waals surface area contributed by atoms with Crippen molar-refractivity contribution in [3.63, 3.8) is 0 Å². The molecule has 0 aliphatic carbocycles. The fourth-order valence-corrected chi connectivity index (χ4v) is 12.3. The van der Waals surface area contributed by atoms with E-state index in [9.17, 15) is 107 Å². The number of carboxylic acids is 2. The molecule has 0 aromatic rings. The topological polar surface area (TPSA) is 838 Å². The maximum atomic E-state index is 14.6. The van der Waals surface area contributed by atoms with E-state index < -0.39 is 235 Å². The molecule has 0 saturated carbocycles. The van der Waals surface area contributed by atoms with Crippen LogP contribution in [0.5, 0.6) is 0 Å². The molecule has 122 heavy (non-hydrogen) atoms. The summed E-state index contributed by atoms with van der Waals surface area (Å²) in [5.74, 6) is -20.5. The van der Waals surface area contributed by atoms with Gasteiger partial charge in [-0.15, -0.1) is 0 Å². The first-order valence-corrected chi connectivity index (χ1v) is 40.2. The lowest BCUT2D eigenvalue weighted by Crippen LogP contribution is -2.64. The number of hydrogen-bond acceptors (Lipinski definition) is 25. The minimum Gasteiger partial charge on any atom is -0.481 e. The number of aliphatic carboxylic acids is 2. The number of carbonyl (C=O) groups is 16. The van der Waals surface area contributed by atoms with Crippen molar-refractivity contribution >= 4 is 118 Å². The average Bonchev–Trinajstić information content (AvgIpc) is 1.62. The molecule has 14 amide bonds. The lowest BCUT2D eigenvalue weighted by atomic mass is 9.98. The normalized spacial score (nSPS) is 16.4. The Labute approximate surface area is 707 Å². The zero-order valence-corrected chi connectivity index (χ0v) is 71.1. The van der Waals surface area contributed by atoms with E-state index in [-0.39, 0.29) is 145 Å². The van der Waals surface area contributed by atoms with Gasteiger partial charge in [-0.25, -0.2) is 4.79 Å². The number of guanidine groups is 4. The molecule has 1 rings (SSSR count). The Balaban J connectivity index is 3.63. The number of carbonyl (C=O) groups excluding carboxylic acids is 14. The second-order valence-electron chi connectivity index (χ2n) is 31.1. The van der Waals surface area contributed by atoms with Crippen LogP contribution in [-0.2, 0) is 76.7 Å². The Morgan fingerprint density at radius 3 is 1.09 bits per heavy atom. The highest BCUT2D eigenvalue weighted by atomic mass is 16.4. The monoisotopic (exact) mass is 1740 g/mol. The number of amides is 14. The van der Waals surface area contributed by atoms with Crippen LogP contribution in [0.3, 0.4) is 0 Å². The van der Waals surface area contributed by atoms with E-state index in [1.807, 2.05) is 13.8 Å². The highest BCUT2D eigenvalue weighted by Gasteiger charge is 2.43. The first kappa shape index (κ1) is 108. The first-order valence-electron chi connectivity index (χ1n) is 40.2. The van der Waals surface area contributed by atoms with E-state index in [2.05, 4.69) is 89.1 Å². The molecule has 0 spiro atoms. The van der Waals surface area contributed by atoms with Gasteiger partial charge < -0.3 is 156 Å². The van der Waals surface area contributed by atoms with Crippen LogP contribution in [0.2, 0.25) is 0 Å². The van der Waals surface area contributed by atoms with Crippen LogP contribution in [0.15, 0.2) is 20.0 Å². The van der Waals surface area contributed by atoms with Gasteiger partial charge in [0.05, 0.1) is 37.5 Å². The number of nitrogens with zero attached hydrogens (tertiary/aromatic N) is 5. The summed E-state index contributed by atoms with van der Waals surface area (Å²) in [5, 5.41) is 93.7. The summed E-state index contributed by atoms with van der Waals surface area (Å²) in [6, 6.07) is -22.3.